The minimum atomic E-state index is -0.893. The smallest absolute Gasteiger partial charge is 0.306 e. The number of nitrogens with one attached hydrogen (secondary N) is 1. The number of carbonyl (C=O) groups is 1. The van der Waals surface area contributed by atoms with Gasteiger partial charge in [0.1, 0.15) is 22.9 Å². The number of aryl methyl sites for hydroxylation is 1. The van der Waals surface area contributed by atoms with E-state index in [0.717, 1.165) is 11.8 Å². The van der Waals surface area contributed by atoms with Crippen LogP contribution in [0.5, 0.6) is 0 Å². The van der Waals surface area contributed by atoms with Gasteiger partial charge in [0.2, 0.25) is 5.95 Å². The number of rotatable bonds is 8. The van der Waals surface area contributed by atoms with Crippen LogP contribution >= 0.6 is 0 Å². The number of halogens is 2. The number of carboxylic acids is 1. The molecule has 0 bridgehead atoms. The zero-order valence-corrected chi connectivity index (χ0v) is 22.8. The Hall–Kier alpha value is -4.03. The maximum atomic E-state index is 15.0. The van der Waals surface area contributed by atoms with Crippen LogP contribution in [-0.4, -0.2) is 65.8 Å². The summed E-state index contributed by atoms with van der Waals surface area (Å²) in [6, 6.07) is 6.61. The van der Waals surface area contributed by atoms with Crippen molar-refractivity contribution in [3.63, 3.8) is 0 Å². The van der Waals surface area contributed by atoms with E-state index in [1.165, 1.54) is 6.07 Å². The van der Waals surface area contributed by atoms with Crippen LogP contribution in [0.3, 0.4) is 0 Å². The number of hydrogen-bond acceptors (Lipinski definition) is 8. The number of nitrogens with zero attached hydrogens (tertiary/aromatic N) is 6. The number of aromatic nitrogens is 5. The van der Waals surface area contributed by atoms with E-state index in [0.29, 0.717) is 43.4 Å². The van der Waals surface area contributed by atoms with Gasteiger partial charge in [0.25, 0.3) is 0 Å². The van der Waals surface area contributed by atoms with Crippen molar-refractivity contribution in [3.05, 3.63) is 59.7 Å². The third-order valence-corrected chi connectivity index (χ3v) is 6.87. The zero-order chi connectivity index (χ0) is 28.6. The lowest BCUT2D eigenvalue weighted by atomic mass is 9.99. The summed E-state index contributed by atoms with van der Waals surface area (Å²) in [4.78, 5) is 30.4. The number of ether oxygens (including phenoxy) is 1. The van der Waals surface area contributed by atoms with Gasteiger partial charge in [0, 0.05) is 37.4 Å². The maximum Gasteiger partial charge on any atom is 0.306 e. The Morgan fingerprint density at radius 3 is 2.67 bits per heavy atom. The zero-order valence-electron chi connectivity index (χ0n) is 22.8. The highest BCUT2D eigenvalue weighted by molar-refractivity contribution is 5.83. The first-order valence-corrected chi connectivity index (χ1v) is 13.0. The number of morpholine rings is 1. The van der Waals surface area contributed by atoms with Gasteiger partial charge in [-0.15, -0.1) is 0 Å². The fraction of sp³-hybridized carbons (Fsp3) is 0.393. The molecule has 1 aliphatic rings. The average molecular weight is 552 g/mol. The molecule has 1 aliphatic heterocycles. The Bertz CT molecular complexity index is 1560. The Morgan fingerprint density at radius 2 is 1.98 bits per heavy atom. The Labute approximate surface area is 230 Å². The topological polar surface area (TPSA) is 118 Å². The summed E-state index contributed by atoms with van der Waals surface area (Å²) in [5, 5.41) is 12.2. The van der Waals surface area contributed by atoms with E-state index in [-0.39, 0.29) is 35.2 Å². The maximum absolute atomic E-state index is 15.0. The summed E-state index contributed by atoms with van der Waals surface area (Å²) in [7, 11) is 0. The highest BCUT2D eigenvalue weighted by Crippen LogP contribution is 2.30. The molecular weight excluding hydrogens is 520 g/mol. The lowest BCUT2D eigenvalue weighted by Crippen LogP contribution is -2.50. The minimum absolute atomic E-state index is 0.0404. The fourth-order valence-electron chi connectivity index (χ4n) is 5.23. The van der Waals surface area contributed by atoms with E-state index in [1.807, 2.05) is 38.3 Å². The highest BCUT2D eigenvalue weighted by atomic mass is 19.1. The van der Waals surface area contributed by atoms with Gasteiger partial charge < -0.3 is 19.7 Å². The SMILES string of the molecule is Cc1nc2c(F)cc(-c3nc(Nc4ccc(CN5CCO[C@](C)(CC(=O)O)C5)cn4)ncc3F)cc2n1C(C)C. The van der Waals surface area contributed by atoms with Crippen molar-refractivity contribution >= 4 is 28.8 Å². The number of benzene rings is 1. The Kier molecular flexibility index (Phi) is 7.47. The van der Waals surface area contributed by atoms with Crippen LogP contribution in [0, 0.1) is 18.6 Å². The van der Waals surface area contributed by atoms with Crippen molar-refractivity contribution in [2.75, 3.05) is 25.0 Å². The number of carboxylic acid groups (broad SMARTS) is 1. The number of aliphatic carboxylic acids is 1. The molecular formula is C28H31F2N7O3. The summed E-state index contributed by atoms with van der Waals surface area (Å²) in [5.41, 5.74) is 1.23. The van der Waals surface area contributed by atoms with Crippen molar-refractivity contribution in [2.24, 2.45) is 0 Å². The molecule has 0 amide bonds. The Balaban J connectivity index is 1.33. The first-order chi connectivity index (χ1) is 19.0. The van der Waals surface area contributed by atoms with Crippen LogP contribution in [0.1, 0.15) is 44.6 Å². The van der Waals surface area contributed by atoms with Gasteiger partial charge in [-0.25, -0.2) is 28.7 Å². The summed E-state index contributed by atoms with van der Waals surface area (Å²) >= 11 is 0. The lowest BCUT2D eigenvalue weighted by Gasteiger charge is -2.39. The predicted molar refractivity (Wildman–Crippen MR) is 145 cm³/mol. The minimum Gasteiger partial charge on any atom is -0.481 e. The monoisotopic (exact) mass is 551 g/mol. The van der Waals surface area contributed by atoms with Crippen molar-refractivity contribution in [1.82, 2.24) is 29.4 Å². The van der Waals surface area contributed by atoms with Crippen molar-refractivity contribution < 1.29 is 23.4 Å². The average Bonchev–Trinajstić information content (AvgIpc) is 3.22. The molecule has 0 radical (unpaired) electrons. The largest absolute Gasteiger partial charge is 0.481 e. The van der Waals surface area contributed by atoms with Gasteiger partial charge in [-0.05, 0) is 51.5 Å². The third kappa shape index (κ3) is 5.77. The molecule has 0 unspecified atom stereocenters. The molecule has 4 heterocycles. The van der Waals surface area contributed by atoms with Gasteiger partial charge in [-0.2, -0.15) is 0 Å². The van der Waals surface area contributed by atoms with E-state index in [1.54, 1.807) is 18.3 Å². The molecule has 210 valence electrons. The molecule has 0 aliphatic carbocycles. The molecule has 12 heteroatoms. The van der Waals surface area contributed by atoms with E-state index in [2.05, 4.69) is 30.2 Å². The van der Waals surface area contributed by atoms with Gasteiger partial charge in [-0.1, -0.05) is 6.07 Å². The number of hydrogen-bond donors (Lipinski definition) is 2. The first-order valence-electron chi connectivity index (χ1n) is 13.0. The van der Waals surface area contributed by atoms with Crippen LogP contribution in [-0.2, 0) is 16.1 Å². The van der Waals surface area contributed by atoms with Crippen LogP contribution < -0.4 is 5.32 Å². The van der Waals surface area contributed by atoms with Crippen molar-refractivity contribution in [1.29, 1.82) is 0 Å². The first kappa shape index (κ1) is 27.5. The summed E-state index contributed by atoms with van der Waals surface area (Å²) in [6.45, 7) is 9.79. The summed E-state index contributed by atoms with van der Waals surface area (Å²) in [5.74, 6) is -0.888. The lowest BCUT2D eigenvalue weighted by molar-refractivity contribution is -0.151. The van der Waals surface area contributed by atoms with Gasteiger partial charge in [0.05, 0.1) is 30.3 Å². The molecule has 1 saturated heterocycles. The second kappa shape index (κ2) is 10.9. The molecule has 40 heavy (non-hydrogen) atoms. The Morgan fingerprint density at radius 1 is 1.18 bits per heavy atom. The highest BCUT2D eigenvalue weighted by Gasteiger charge is 2.34. The molecule has 0 spiro atoms. The molecule has 1 aromatic carbocycles. The third-order valence-electron chi connectivity index (χ3n) is 6.87. The van der Waals surface area contributed by atoms with Crippen LogP contribution in [0.4, 0.5) is 20.5 Å². The predicted octanol–water partition coefficient (Wildman–Crippen LogP) is 4.87. The standard InChI is InChI=1S/C28H31F2N7O3/c1-16(2)37-17(3)33-26-20(29)9-19(10-22(26)37)25-21(30)13-32-27(35-25)34-23-6-5-18(12-31-23)14-36-7-8-40-28(4,15-36)11-24(38)39/h5-6,9-10,12-13,16H,7-8,11,14-15H2,1-4H3,(H,38,39)(H,31,32,34,35)/t28-/m1/s1. The molecule has 2 N–H and O–H groups in total. The molecule has 1 atom stereocenters. The van der Waals surface area contributed by atoms with E-state index >= 15 is 0 Å². The quantitative estimate of drug-likeness (QED) is 0.316. The molecule has 4 aromatic rings. The van der Waals surface area contributed by atoms with E-state index < -0.39 is 23.2 Å². The van der Waals surface area contributed by atoms with Crippen LogP contribution in [0.25, 0.3) is 22.3 Å². The van der Waals surface area contributed by atoms with Crippen molar-refractivity contribution in [2.45, 2.75) is 52.3 Å². The number of fused-ring (bicyclic) bond motifs is 1. The fourth-order valence-corrected chi connectivity index (χ4v) is 5.23. The van der Waals surface area contributed by atoms with Gasteiger partial charge in [0.15, 0.2) is 11.6 Å². The number of pyridine rings is 1. The summed E-state index contributed by atoms with van der Waals surface area (Å²) < 4.78 is 37.4. The van der Waals surface area contributed by atoms with Gasteiger partial charge in [-0.3, -0.25) is 9.69 Å². The van der Waals surface area contributed by atoms with Crippen LogP contribution in [0.2, 0.25) is 0 Å². The normalized spacial score (nSPS) is 18.0. The molecule has 5 rings (SSSR count). The molecule has 1 fully saturated rings. The molecule has 10 nitrogen and oxygen atoms in total. The second-order valence-electron chi connectivity index (χ2n) is 10.6. The molecule has 0 saturated carbocycles. The van der Waals surface area contributed by atoms with Crippen LogP contribution in [0.15, 0.2) is 36.7 Å². The number of imidazole rings is 1. The van der Waals surface area contributed by atoms with E-state index in [4.69, 9.17) is 4.74 Å². The van der Waals surface area contributed by atoms with Gasteiger partial charge >= 0.3 is 5.97 Å². The van der Waals surface area contributed by atoms with Crippen molar-refractivity contribution in [3.8, 4) is 11.3 Å². The summed E-state index contributed by atoms with van der Waals surface area (Å²) in [6.07, 6.45) is 2.68. The molecule has 3 aromatic heterocycles. The van der Waals surface area contributed by atoms with E-state index in [9.17, 15) is 18.7 Å². The second-order valence-corrected chi connectivity index (χ2v) is 10.6. The number of anilines is 2.